The van der Waals surface area contributed by atoms with Gasteiger partial charge >= 0.3 is 0 Å². The molecule has 0 saturated heterocycles. The third-order valence-electron chi connectivity index (χ3n) is 2.72. The van der Waals surface area contributed by atoms with Crippen LogP contribution in [-0.2, 0) is 4.74 Å². The highest BCUT2D eigenvalue weighted by molar-refractivity contribution is 4.72. The predicted molar refractivity (Wildman–Crippen MR) is 67.2 cm³/mol. The fourth-order valence-electron chi connectivity index (χ4n) is 1.55. The van der Waals surface area contributed by atoms with E-state index in [2.05, 4.69) is 39.9 Å². The zero-order valence-electron chi connectivity index (χ0n) is 11.4. The van der Waals surface area contributed by atoms with Gasteiger partial charge in [-0.05, 0) is 30.7 Å². The summed E-state index contributed by atoms with van der Waals surface area (Å²) in [6, 6.07) is 0.590. The van der Waals surface area contributed by atoms with E-state index in [1.807, 2.05) is 0 Å². The molecule has 0 rings (SSSR count). The fraction of sp³-hybridized carbons (Fsp3) is 1.00. The summed E-state index contributed by atoms with van der Waals surface area (Å²) in [6.07, 6.45) is 2.33. The molecule has 15 heavy (non-hydrogen) atoms. The van der Waals surface area contributed by atoms with Crippen LogP contribution in [0.15, 0.2) is 0 Å². The van der Waals surface area contributed by atoms with Gasteiger partial charge in [0.05, 0.1) is 0 Å². The zero-order valence-corrected chi connectivity index (χ0v) is 11.4. The van der Waals surface area contributed by atoms with Crippen LogP contribution < -0.4 is 5.32 Å². The van der Waals surface area contributed by atoms with Gasteiger partial charge in [0, 0.05) is 19.8 Å². The van der Waals surface area contributed by atoms with Crippen LogP contribution in [0.25, 0.3) is 0 Å². The summed E-state index contributed by atoms with van der Waals surface area (Å²) >= 11 is 0. The molecule has 0 fully saturated rings. The first-order valence-electron chi connectivity index (χ1n) is 6.09. The number of ether oxygens (including phenoxy) is 1. The van der Waals surface area contributed by atoms with Crippen molar-refractivity contribution < 1.29 is 4.74 Å². The average molecular weight is 215 g/mol. The van der Waals surface area contributed by atoms with E-state index in [1.165, 1.54) is 6.42 Å². The van der Waals surface area contributed by atoms with Crippen LogP contribution in [0.3, 0.4) is 0 Å². The van der Waals surface area contributed by atoms with Gasteiger partial charge in [-0.2, -0.15) is 0 Å². The molecular formula is C13H29NO. The molecular weight excluding hydrogens is 186 g/mol. The first-order chi connectivity index (χ1) is 6.87. The molecule has 0 aromatic rings. The maximum Gasteiger partial charge on any atom is 0.0477 e. The number of hydrogen-bond donors (Lipinski definition) is 1. The Bertz CT molecular complexity index is 149. The highest BCUT2D eigenvalue weighted by Gasteiger charge is 2.14. The molecule has 2 heteroatoms. The standard InChI is InChI=1S/C13H29NO/c1-11(2)12(7-10-15-6)14-9-8-13(3,4)5/h11-12,14H,7-10H2,1-6H3. The van der Waals surface area contributed by atoms with E-state index in [4.69, 9.17) is 4.74 Å². The lowest BCUT2D eigenvalue weighted by Crippen LogP contribution is -2.36. The third-order valence-corrected chi connectivity index (χ3v) is 2.72. The molecule has 1 N–H and O–H groups in total. The molecule has 0 radical (unpaired) electrons. The molecule has 0 spiro atoms. The van der Waals surface area contributed by atoms with E-state index < -0.39 is 0 Å². The van der Waals surface area contributed by atoms with E-state index in [0.29, 0.717) is 17.4 Å². The monoisotopic (exact) mass is 215 g/mol. The van der Waals surface area contributed by atoms with Gasteiger partial charge in [-0.15, -0.1) is 0 Å². The van der Waals surface area contributed by atoms with Crippen molar-refractivity contribution in [2.24, 2.45) is 11.3 Å². The minimum Gasteiger partial charge on any atom is -0.385 e. The molecule has 0 aromatic heterocycles. The lowest BCUT2D eigenvalue weighted by molar-refractivity contribution is 0.172. The maximum absolute atomic E-state index is 5.13. The Morgan fingerprint density at radius 2 is 1.80 bits per heavy atom. The molecule has 2 nitrogen and oxygen atoms in total. The molecule has 0 saturated carbocycles. The summed E-state index contributed by atoms with van der Waals surface area (Å²) in [7, 11) is 1.77. The molecule has 0 heterocycles. The molecule has 1 atom stereocenters. The SMILES string of the molecule is COCCC(NCCC(C)(C)C)C(C)C. The Morgan fingerprint density at radius 1 is 1.20 bits per heavy atom. The minimum atomic E-state index is 0.426. The van der Waals surface area contributed by atoms with Gasteiger partial charge in [-0.3, -0.25) is 0 Å². The Morgan fingerprint density at radius 3 is 2.20 bits per heavy atom. The van der Waals surface area contributed by atoms with E-state index in [9.17, 15) is 0 Å². The Balaban J connectivity index is 3.76. The van der Waals surface area contributed by atoms with Gasteiger partial charge in [0.2, 0.25) is 0 Å². The van der Waals surface area contributed by atoms with E-state index in [-0.39, 0.29) is 0 Å². The Kier molecular flexibility index (Phi) is 7.20. The zero-order chi connectivity index (χ0) is 11.9. The first-order valence-corrected chi connectivity index (χ1v) is 6.09. The summed E-state index contributed by atoms with van der Waals surface area (Å²) in [5.74, 6) is 0.681. The summed E-state index contributed by atoms with van der Waals surface area (Å²) in [5, 5.41) is 3.63. The Labute approximate surface area is 95.8 Å². The number of hydrogen-bond acceptors (Lipinski definition) is 2. The molecule has 1 unspecified atom stereocenters. The summed E-state index contributed by atoms with van der Waals surface area (Å²) in [5.41, 5.74) is 0.426. The molecule has 0 aliphatic heterocycles. The van der Waals surface area contributed by atoms with Crippen molar-refractivity contribution >= 4 is 0 Å². The second kappa shape index (κ2) is 7.24. The van der Waals surface area contributed by atoms with Gasteiger partial charge in [0.1, 0.15) is 0 Å². The van der Waals surface area contributed by atoms with Crippen molar-refractivity contribution in [3.63, 3.8) is 0 Å². The van der Waals surface area contributed by atoms with E-state index in [0.717, 1.165) is 19.6 Å². The average Bonchev–Trinajstić information content (AvgIpc) is 2.08. The number of nitrogens with one attached hydrogen (secondary N) is 1. The normalized spacial score (nSPS) is 14.6. The molecule has 0 aromatic carbocycles. The Hall–Kier alpha value is -0.0800. The van der Waals surface area contributed by atoms with Gasteiger partial charge in [-0.25, -0.2) is 0 Å². The van der Waals surface area contributed by atoms with Crippen LogP contribution in [0.2, 0.25) is 0 Å². The van der Waals surface area contributed by atoms with Crippen molar-refractivity contribution in [3.8, 4) is 0 Å². The summed E-state index contributed by atoms with van der Waals surface area (Å²) in [4.78, 5) is 0. The van der Waals surface area contributed by atoms with Crippen molar-refractivity contribution in [1.82, 2.24) is 5.32 Å². The van der Waals surface area contributed by atoms with Crippen LogP contribution in [0, 0.1) is 11.3 Å². The number of methoxy groups -OCH3 is 1. The van der Waals surface area contributed by atoms with Crippen molar-refractivity contribution in [3.05, 3.63) is 0 Å². The second-order valence-electron chi connectivity index (χ2n) is 5.90. The van der Waals surface area contributed by atoms with Gasteiger partial charge in [0.15, 0.2) is 0 Å². The van der Waals surface area contributed by atoms with Gasteiger partial charge in [-0.1, -0.05) is 34.6 Å². The van der Waals surface area contributed by atoms with Crippen molar-refractivity contribution in [2.75, 3.05) is 20.3 Å². The third kappa shape index (κ3) is 8.88. The molecule has 0 amide bonds. The minimum absolute atomic E-state index is 0.426. The molecule has 0 aliphatic rings. The topological polar surface area (TPSA) is 21.3 Å². The largest absolute Gasteiger partial charge is 0.385 e. The van der Waals surface area contributed by atoms with Gasteiger partial charge in [0.25, 0.3) is 0 Å². The lowest BCUT2D eigenvalue weighted by Gasteiger charge is -2.25. The fourth-order valence-corrected chi connectivity index (χ4v) is 1.55. The smallest absolute Gasteiger partial charge is 0.0477 e. The first kappa shape index (κ1) is 14.9. The van der Waals surface area contributed by atoms with Crippen LogP contribution in [0.5, 0.6) is 0 Å². The molecule has 0 bridgehead atoms. The summed E-state index contributed by atoms with van der Waals surface area (Å²) in [6.45, 7) is 13.4. The second-order valence-corrected chi connectivity index (χ2v) is 5.90. The van der Waals surface area contributed by atoms with Crippen LogP contribution in [-0.4, -0.2) is 26.3 Å². The van der Waals surface area contributed by atoms with E-state index in [1.54, 1.807) is 7.11 Å². The van der Waals surface area contributed by atoms with Crippen molar-refractivity contribution in [2.45, 2.75) is 53.5 Å². The number of rotatable bonds is 7. The predicted octanol–water partition coefficient (Wildman–Crippen LogP) is 3.07. The van der Waals surface area contributed by atoms with Crippen LogP contribution >= 0.6 is 0 Å². The van der Waals surface area contributed by atoms with Crippen molar-refractivity contribution in [1.29, 1.82) is 0 Å². The molecule has 0 aliphatic carbocycles. The van der Waals surface area contributed by atoms with Crippen LogP contribution in [0.4, 0.5) is 0 Å². The quantitative estimate of drug-likeness (QED) is 0.704. The maximum atomic E-state index is 5.13. The molecule has 92 valence electrons. The lowest BCUT2D eigenvalue weighted by atomic mass is 9.92. The highest BCUT2D eigenvalue weighted by Crippen LogP contribution is 2.17. The van der Waals surface area contributed by atoms with E-state index >= 15 is 0 Å². The van der Waals surface area contributed by atoms with Gasteiger partial charge < -0.3 is 10.1 Å². The highest BCUT2D eigenvalue weighted by atomic mass is 16.5. The van der Waals surface area contributed by atoms with Crippen LogP contribution in [0.1, 0.15) is 47.5 Å². The summed E-state index contributed by atoms with van der Waals surface area (Å²) < 4.78 is 5.13.